The maximum absolute atomic E-state index is 12.8. The quantitative estimate of drug-likeness (QED) is 0.441. The molecule has 1 aliphatic rings. The van der Waals surface area contributed by atoms with Crippen LogP contribution in [0.15, 0.2) is 36.5 Å². The van der Waals surface area contributed by atoms with E-state index in [2.05, 4.69) is 32.0 Å². The van der Waals surface area contributed by atoms with Crippen LogP contribution in [0.2, 0.25) is 0 Å². The van der Waals surface area contributed by atoms with Gasteiger partial charge in [0.1, 0.15) is 12.1 Å². The van der Waals surface area contributed by atoms with Gasteiger partial charge in [-0.1, -0.05) is 57.5 Å². The molecule has 3 amide bonds. The Hall–Kier alpha value is -3.67. The molecule has 34 heavy (non-hydrogen) atoms. The van der Waals surface area contributed by atoms with Gasteiger partial charge in [0.25, 0.3) is 5.91 Å². The van der Waals surface area contributed by atoms with Crippen molar-refractivity contribution in [3.05, 3.63) is 42.4 Å². The molecule has 0 bridgehead atoms. The highest BCUT2D eigenvalue weighted by Crippen LogP contribution is 2.18. The molecule has 9 heteroatoms. The smallest absolute Gasteiger partial charge is 0.287 e. The molecular weight excluding hydrogens is 432 g/mol. The lowest BCUT2D eigenvalue weighted by molar-refractivity contribution is -0.128. The summed E-state index contributed by atoms with van der Waals surface area (Å²) in [6, 6.07) is 9.92. The van der Waals surface area contributed by atoms with Crippen molar-refractivity contribution < 1.29 is 18.7 Å². The second-order valence-electron chi connectivity index (χ2n) is 7.88. The van der Waals surface area contributed by atoms with Crippen molar-refractivity contribution in [2.45, 2.75) is 65.0 Å². The minimum Gasteiger partial charge on any atom is -0.356 e. The van der Waals surface area contributed by atoms with E-state index in [1.165, 1.54) is 0 Å². The Kier molecular flexibility index (Phi) is 10.8. The molecule has 1 aromatic carbocycles. The maximum Gasteiger partial charge on any atom is 0.287 e. The summed E-state index contributed by atoms with van der Waals surface area (Å²) in [5.41, 5.74) is 1.59. The molecule has 0 spiro atoms. The Morgan fingerprint density at radius 3 is 2.65 bits per heavy atom. The number of nitrogens with zero attached hydrogens (tertiary/aromatic N) is 2. The number of H-pyrrole nitrogens is 1. The summed E-state index contributed by atoms with van der Waals surface area (Å²) in [6.45, 7) is 6.54. The first kappa shape index (κ1) is 26.6. The predicted octanol–water partition coefficient (Wildman–Crippen LogP) is 3.66. The Morgan fingerprint density at radius 1 is 1.26 bits per heavy atom. The molecule has 0 radical (unpaired) electrons. The number of piperidine rings is 1. The van der Waals surface area contributed by atoms with Gasteiger partial charge in [-0.15, -0.1) is 0 Å². The molecule has 188 valence electrons. The molecule has 2 heterocycles. The van der Waals surface area contributed by atoms with Gasteiger partial charge in [-0.25, -0.2) is 4.98 Å². The van der Waals surface area contributed by atoms with Crippen LogP contribution in [0.3, 0.4) is 0 Å². The number of hydrogen-bond acceptors (Lipinski definition) is 5. The van der Waals surface area contributed by atoms with Gasteiger partial charge in [0.05, 0.1) is 18.0 Å². The molecule has 0 aliphatic carbocycles. The molecule has 3 rings (SSSR count). The first-order chi connectivity index (χ1) is 16.5. The molecule has 9 nitrogen and oxygen atoms in total. The summed E-state index contributed by atoms with van der Waals surface area (Å²) in [4.78, 5) is 44.6. The fourth-order valence-electron chi connectivity index (χ4n) is 3.75. The minimum atomic E-state index is -0.811. The fourth-order valence-corrected chi connectivity index (χ4v) is 3.75. The zero-order chi connectivity index (χ0) is 24.9. The van der Waals surface area contributed by atoms with Gasteiger partial charge in [-0.05, 0) is 31.2 Å². The largest absolute Gasteiger partial charge is 0.356 e. The minimum absolute atomic E-state index is 0. The lowest BCUT2D eigenvalue weighted by atomic mass is 9.92. The van der Waals surface area contributed by atoms with Crippen molar-refractivity contribution in [3.8, 4) is 17.3 Å². The second-order valence-corrected chi connectivity index (χ2v) is 7.88. The molecule has 1 saturated heterocycles. The van der Waals surface area contributed by atoms with Crippen molar-refractivity contribution in [2.75, 3.05) is 6.54 Å². The number of benzene rings is 1. The van der Waals surface area contributed by atoms with E-state index in [4.69, 9.17) is 0 Å². The number of nitrogens with one attached hydrogen (secondary N) is 4. The van der Waals surface area contributed by atoms with Gasteiger partial charge in [0.2, 0.25) is 11.8 Å². The van der Waals surface area contributed by atoms with Crippen LogP contribution in [0.25, 0.3) is 11.3 Å². The van der Waals surface area contributed by atoms with Gasteiger partial charge < -0.3 is 20.9 Å². The second kappa shape index (κ2) is 13.8. The number of carbonyl (C=O) groups is 3. The van der Waals surface area contributed by atoms with Gasteiger partial charge in [-0.3, -0.25) is 14.4 Å². The van der Waals surface area contributed by atoms with Crippen LogP contribution in [0.4, 0.5) is 0 Å². The van der Waals surface area contributed by atoms with Crippen LogP contribution in [-0.2, 0) is 9.59 Å². The molecule has 0 unspecified atom stereocenters. The molecule has 1 aliphatic heterocycles. The Morgan fingerprint density at radius 2 is 2.00 bits per heavy atom. The summed E-state index contributed by atoms with van der Waals surface area (Å²) < 4.78 is 0. The average Bonchev–Trinajstić information content (AvgIpc) is 3.37. The van der Waals surface area contributed by atoms with Crippen molar-refractivity contribution in [1.29, 1.82) is 5.26 Å². The number of amides is 3. The lowest BCUT2D eigenvalue weighted by Gasteiger charge is -2.25. The Labute approximate surface area is 205 Å². The number of imidazole rings is 1. The predicted molar refractivity (Wildman–Crippen MR) is 136 cm³/mol. The lowest BCUT2D eigenvalue weighted by Crippen LogP contribution is -2.50. The Bertz CT molecular complexity index is 997. The maximum atomic E-state index is 12.8. The molecule has 3 atom stereocenters. The van der Waals surface area contributed by atoms with E-state index >= 15 is 0 Å². The zero-order valence-corrected chi connectivity index (χ0v) is 20.1. The highest BCUT2D eigenvalue weighted by Gasteiger charge is 2.29. The molecule has 2 aromatic rings. The fraction of sp³-hybridized carbons (Fsp3) is 0.480. The van der Waals surface area contributed by atoms with Crippen LogP contribution in [0, 0.1) is 17.2 Å². The number of aromatic nitrogens is 2. The van der Waals surface area contributed by atoms with Gasteiger partial charge in [0.15, 0.2) is 5.82 Å². The topological polar surface area (TPSA) is 140 Å². The summed E-state index contributed by atoms with van der Waals surface area (Å²) in [7, 11) is 0. The number of rotatable bonds is 9. The molecule has 4 N–H and O–H groups in total. The first-order valence-corrected chi connectivity index (χ1v) is 11.9. The van der Waals surface area contributed by atoms with Gasteiger partial charge in [0, 0.05) is 16.7 Å². The van der Waals surface area contributed by atoms with E-state index in [1.54, 1.807) is 6.20 Å². The molecule has 1 aromatic heterocycles. The van der Waals surface area contributed by atoms with Crippen LogP contribution in [0.1, 0.15) is 67.8 Å². The van der Waals surface area contributed by atoms with E-state index < -0.39 is 23.9 Å². The average molecular weight is 473 g/mol. The van der Waals surface area contributed by atoms with Crippen LogP contribution in [-0.4, -0.2) is 46.3 Å². The van der Waals surface area contributed by atoms with E-state index in [9.17, 15) is 19.6 Å². The standard InChI is InChI=1S/C23H28N6O3.C2H6.3H2/c1-2-7-18(22(31)27-17(13-24)12-16-10-6-11-25-21(16)30)29-23(32)20-26-14-19(28-20)15-8-4-3-5-9-15;1-2;;;/h3-5,8-9,14,16-18H,2,6-7,10-12H2,1H3,(H,25,30)(H,26,28)(H,27,31)(H,29,32);1-2H3;3*1H/t16-,17-,18-;;;;/m0..../s1. The third-order valence-electron chi connectivity index (χ3n) is 5.47. The first-order valence-electron chi connectivity index (χ1n) is 11.9. The SMILES string of the molecule is CC.CCC[C@H](NC(=O)c1ncc(-c2ccccc2)[nH]1)C(=O)N[C@H](C#N)C[C@@H]1CCCNC1=O.[HH].[HH].[HH]. The summed E-state index contributed by atoms with van der Waals surface area (Å²) >= 11 is 0. The monoisotopic (exact) mass is 472 g/mol. The van der Waals surface area contributed by atoms with Crippen molar-refractivity contribution >= 4 is 17.7 Å². The van der Waals surface area contributed by atoms with Gasteiger partial charge >= 0.3 is 0 Å². The van der Waals surface area contributed by atoms with Crippen molar-refractivity contribution in [1.82, 2.24) is 25.9 Å². The van der Waals surface area contributed by atoms with E-state index in [1.807, 2.05) is 51.1 Å². The van der Waals surface area contributed by atoms with Crippen LogP contribution in [0.5, 0.6) is 0 Å². The number of nitriles is 1. The van der Waals surface area contributed by atoms with E-state index in [-0.39, 0.29) is 28.4 Å². The van der Waals surface area contributed by atoms with Crippen LogP contribution >= 0.6 is 0 Å². The van der Waals surface area contributed by atoms with E-state index in [0.717, 1.165) is 12.0 Å². The van der Waals surface area contributed by atoms with E-state index in [0.29, 0.717) is 31.5 Å². The van der Waals surface area contributed by atoms with Crippen molar-refractivity contribution in [3.63, 3.8) is 0 Å². The third-order valence-corrected chi connectivity index (χ3v) is 5.47. The Balaban J connectivity index is 0. The highest BCUT2D eigenvalue weighted by molar-refractivity contribution is 5.95. The summed E-state index contributed by atoms with van der Waals surface area (Å²) in [5, 5.41) is 17.7. The van der Waals surface area contributed by atoms with Gasteiger partial charge in [-0.2, -0.15) is 5.26 Å². The van der Waals surface area contributed by atoms with Crippen LogP contribution < -0.4 is 16.0 Å². The molecule has 0 saturated carbocycles. The highest BCUT2D eigenvalue weighted by atomic mass is 16.2. The summed E-state index contributed by atoms with van der Waals surface area (Å²) in [5.74, 6) is -1.23. The normalized spacial score (nSPS) is 16.6. The number of carbonyl (C=O) groups excluding carboxylic acids is 3. The van der Waals surface area contributed by atoms with Crippen molar-refractivity contribution in [2.24, 2.45) is 5.92 Å². The number of aromatic amines is 1. The molecule has 1 fully saturated rings. The number of hydrogen-bond donors (Lipinski definition) is 4. The zero-order valence-electron chi connectivity index (χ0n) is 20.1. The third kappa shape index (κ3) is 7.44. The molecular formula is C25H40N6O3. The summed E-state index contributed by atoms with van der Waals surface area (Å²) in [6.07, 6.45) is 4.43.